The Kier molecular flexibility index (Phi) is 5.56. The van der Waals surface area contributed by atoms with E-state index < -0.39 is 11.8 Å². The van der Waals surface area contributed by atoms with E-state index in [0.717, 1.165) is 22.0 Å². The van der Waals surface area contributed by atoms with E-state index in [1.54, 1.807) is 36.1 Å². The first-order chi connectivity index (χ1) is 12.5. The van der Waals surface area contributed by atoms with E-state index in [2.05, 4.69) is 4.98 Å². The lowest BCUT2D eigenvalue weighted by atomic mass is 10.2. The Morgan fingerprint density at radius 3 is 2.46 bits per heavy atom. The molecule has 0 spiro atoms. The van der Waals surface area contributed by atoms with Crippen LogP contribution in [-0.2, 0) is 4.79 Å². The van der Waals surface area contributed by atoms with Crippen molar-refractivity contribution in [3.63, 3.8) is 0 Å². The second-order valence-electron chi connectivity index (χ2n) is 5.71. The molecule has 0 aliphatic rings. The Balaban J connectivity index is 1.87. The molecule has 4 nitrogen and oxygen atoms in total. The lowest BCUT2D eigenvalue weighted by Gasteiger charge is -2.24. The Bertz CT molecular complexity index is 898. The first kappa shape index (κ1) is 18.4. The number of amides is 1. The molecule has 1 amide bonds. The van der Waals surface area contributed by atoms with Gasteiger partial charge in [-0.2, -0.15) is 8.78 Å². The van der Waals surface area contributed by atoms with E-state index in [9.17, 15) is 13.6 Å². The van der Waals surface area contributed by atoms with Crippen molar-refractivity contribution in [2.75, 3.05) is 11.4 Å². The van der Waals surface area contributed by atoms with Crippen LogP contribution in [0.3, 0.4) is 0 Å². The van der Waals surface area contributed by atoms with Crippen LogP contribution in [0, 0.1) is 0 Å². The number of rotatable bonds is 6. The Morgan fingerprint density at radius 2 is 1.81 bits per heavy atom. The van der Waals surface area contributed by atoms with Crippen molar-refractivity contribution in [3.8, 4) is 0 Å². The molecule has 26 heavy (non-hydrogen) atoms. The van der Waals surface area contributed by atoms with Crippen LogP contribution < -0.4 is 4.90 Å². The predicted octanol–water partition coefficient (Wildman–Crippen LogP) is 4.97. The summed E-state index contributed by atoms with van der Waals surface area (Å²) in [6, 6.07) is 16.0. The molecule has 0 N–H and O–H groups in total. The Hall–Kier alpha value is -2.41. The number of nitrogens with zero attached hydrogens (tertiary/aromatic N) is 3. The van der Waals surface area contributed by atoms with Gasteiger partial charge in [0.25, 0.3) is 0 Å². The summed E-state index contributed by atoms with van der Waals surface area (Å²) in [4.78, 5) is 18.8. The van der Waals surface area contributed by atoms with Crippen molar-refractivity contribution in [2.24, 2.45) is 0 Å². The van der Waals surface area contributed by atoms with Gasteiger partial charge in [0.05, 0.1) is 16.3 Å². The number of carbonyl (C=O) groups is 1. The van der Waals surface area contributed by atoms with E-state index >= 15 is 0 Å². The minimum atomic E-state index is -2.72. The van der Waals surface area contributed by atoms with Crippen molar-refractivity contribution in [1.82, 2.24) is 9.55 Å². The molecule has 1 atom stereocenters. The van der Waals surface area contributed by atoms with Gasteiger partial charge in [-0.05, 0) is 38.1 Å². The van der Waals surface area contributed by atoms with Crippen molar-refractivity contribution in [2.45, 2.75) is 30.8 Å². The molecule has 1 aromatic heterocycles. The highest BCUT2D eigenvalue weighted by Crippen LogP contribution is 2.32. The van der Waals surface area contributed by atoms with Crippen LogP contribution in [0.5, 0.6) is 0 Å². The molecule has 0 bridgehead atoms. The van der Waals surface area contributed by atoms with Crippen LogP contribution in [0.2, 0.25) is 0 Å². The molecule has 136 valence electrons. The first-order valence-electron chi connectivity index (χ1n) is 8.31. The smallest absolute Gasteiger partial charge is 0.312 e. The first-order valence-corrected chi connectivity index (χ1v) is 9.19. The Labute approximate surface area is 154 Å². The number of imidazole rings is 1. The number of para-hydroxylation sites is 3. The van der Waals surface area contributed by atoms with Gasteiger partial charge in [-0.1, -0.05) is 42.1 Å². The molecular weight excluding hydrogens is 356 g/mol. The number of benzene rings is 2. The normalized spacial score (nSPS) is 12.5. The number of halogens is 2. The average Bonchev–Trinajstić information content (AvgIpc) is 3.01. The topological polar surface area (TPSA) is 38.1 Å². The van der Waals surface area contributed by atoms with Gasteiger partial charge in [0.2, 0.25) is 5.91 Å². The highest BCUT2D eigenvalue weighted by molar-refractivity contribution is 8.00. The minimum Gasteiger partial charge on any atom is -0.312 e. The summed E-state index contributed by atoms with van der Waals surface area (Å²) in [5.41, 5.74) is 1.64. The highest BCUT2D eigenvalue weighted by atomic mass is 32.2. The molecule has 1 unspecified atom stereocenters. The van der Waals surface area contributed by atoms with Gasteiger partial charge < -0.3 is 4.90 Å². The number of thioether (sulfide) groups is 1. The fraction of sp³-hybridized carbons (Fsp3) is 0.263. The van der Waals surface area contributed by atoms with Gasteiger partial charge in [-0.3, -0.25) is 9.36 Å². The molecule has 3 aromatic rings. The zero-order valence-electron chi connectivity index (χ0n) is 14.5. The minimum absolute atomic E-state index is 0.142. The predicted molar refractivity (Wildman–Crippen MR) is 101 cm³/mol. The van der Waals surface area contributed by atoms with Crippen molar-refractivity contribution < 1.29 is 13.6 Å². The van der Waals surface area contributed by atoms with Gasteiger partial charge in [0.1, 0.15) is 0 Å². The van der Waals surface area contributed by atoms with E-state index in [4.69, 9.17) is 0 Å². The van der Waals surface area contributed by atoms with Crippen LogP contribution in [0.4, 0.5) is 14.5 Å². The van der Waals surface area contributed by atoms with Crippen molar-refractivity contribution in [1.29, 1.82) is 0 Å². The Morgan fingerprint density at radius 1 is 1.15 bits per heavy atom. The van der Waals surface area contributed by atoms with Crippen molar-refractivity contribution >= 4 is 34.4 Å². The van der Waals surface area contributed by atoms with E-state index in [1.807, 2.05) is 37.3 Å². The third-order valence-corrected chi connectivity index (χ3v) is 5.09. The van der Waals surface area contributed by atoms with Crippen LogP contribution in [0.25, 0.3) is 11.0 Å². The van der Waals surface area contributed by atoms with Gasteiger partial charge in [-0.25, -0.2) is 4.98 Å². The highest BCUT2D eigenvalue weighted by Gasteiger charge is 2.26. The zero-order valence-corrected chi connectivity index (χ0v) is 15.3. The fourth-order valence-corrected chi connectivity index (χ4v) is 3.78. The van der Waals surface area contributed by atoms with Crippen LogP contribution >= 0.6 is 11.8 Å². The third-order valence-electron chi connectivity index (χ3n) is 4.04. The average molecular weight is 375 g/mol. The molecule has 0 aliphatic heterocycles. The summed E-state index contributed by atoms with van der Waals surface area (Å²) in [7, 11) is 0. The van der Waals surface area contributed by atoms with Gasteiger partial charge in [0.15, 0.2) is 5.16 Å². The lowest BCUT2D eigenvalue weighted by Crippen LogP contribution is -2.36. The quantitative estimate of drug-likeness (QED) is 0.571. The van der Waals surface area contributed by atoms with Crippen LogP contribution in [0.15, 0.2) is 59.8 Å². The number of carbonyl (C=O) groups excluding carboxylic acids is 1. The van der Waals surface area contributed by atoms with Gasteiger partial charge >= 0.3 is 6.55 Å². The molecule has 0 saturated heterocycles. The number of hydrogen-bond acceptors (Lipinski definition) is 3. The fourth-order valence-electron chi connectivity index (χ4n) is 2.80. The number of fused-ring (bicyclic) bond motifs is 1. The standard InChI is InChI=1S/C19H19F2N3OS/c1-3-23(14-9-5-4-6-10-14)17(25)13(2)26-19-22-15-11-7-8-12-16(15)24(19)18(20)21/h4-13,18H,3H2,1-2H3. The summed E-state index contributed by atoms with van der Waals surface area (Å²) >= 11 is 1.05. The molecule has 0 radical (unpaired) electrons. The summed E-state index contributed by atoms with van der Waals surface area (Å²) in [5.74, 6) is -0.142. The summed E-state index contributed by atoms with van der Waals surface area (Å²) < 4.78 is 28.0. The monoisotopic (exact) mass is 375 g/mol. The van der Waals surface area contributed by atoms with E-state index in [-0.39, 0.29) is 11.1 Å². The molecule has 2 aromatic carbocycles. The van der Waals surface area contributed by atoms with E-state index in [1.165, 1.54) is 0 Å². The SMILES string of the molecule is CCN(C(=O)C(C)Sc1nc2ccccc2n1C(F)F)c1ccccc1. The molecule has 0 fully saturated rings. The number of anilines is 1. The number of alkyl halides is 2. The van der Waals surface area contributed by atoms with Crippen LogP contribution in [0.1, 0.15) is 20.4 Å². The second kappa shape index (κ2) is 7.86. The number of aromatic nitrogens is 2. The van der Waals surface area contributed by atoms with Crippen LogP contribution in [-0.4, -0.2) is 27.3 Å². The maximum atomic E-state index is 13.5. The summed E-state index contributed by atoms with van der Waals surface area (Å²) in [6.07, 6.45) is 0. The van der Waals surface area contributed by atoms with Gasteiger partial charge in [-0.15, -0.1) is 0 Å². The van der Waals surface area contributed by atoms with Crippen molar-refractivity contribution in [3.05, 3.63) is 54.6 Å². The molecule has 0 aliphatic carbocycles. The molecule has 1 heterocycles. The summed E-state index contributed by atoms with van der Waals surface area (Å²) in [5, 5.41) is -0.407. The second-order valence-corrected chi connectivity index (χ2v) is 7.02. The molecule has 7 heteroatoms. The maximum absolute atomic E-state index is 13.5. The van der Waals surface area contributed by atoms with E-state index in [0.29, 0.717) is 17.6 Å². The molecular formula is C19H19F2N3OS. The third kappa shape index (κ3) is 3.58. The lowest BCUT2D eigenvalue weighted by molar-refractivity contribution is -0.117. The number of hydrogen-bond donors (Lipinski definition) is 0. The maximum Gasteiger partial charge on any atom is 0.321 e. The zero-order chi connectivity index (χ0) is 18.7. The summed E-state index contributed by atoms with van der Waals surface area (Å²) in [6.45, 7) is 1.38. The molecule has 3 rings (SSSR count). The largest absolute Gasteiger partial charge is 0.321 e. The van der Waals surface area contributed by atoms with Gasteiger partial charge in [0, 0.05) is 12.2 Å². The molecule has 0 saturated carbocycles.